The van der Waals surface area contributed by atoms with Crippen LogP contribution in [0, 0.1) is 5.92 Å². The smallest absolute Gasteiger partial charge is 0.128 e. The Kier molecular flexibility index (Phi) is 6.44. The number of benzene rings is 1. The molecule has 1 atom stereocenters. The van der Waals surface area contributed by atoms with Gasteiger partial charge in [0, 0.05) is 17.8 Å². The number of aliphatic imine (C=N–C) groups is 1. The number of hydrogen-bond donors (Lipinski definition) is 1. The first-order valence-electron chi connectivity index (χ1n) is 8.07. The molecule has 0 amide bonds. The van der Waals surface area contributed by atoms with E-state index >= 15 is 0 Å². The Morgan fingerprint density at radius 1 is 1.14 bits per heavy atom. The van der Waals surface area contributed by atoms with Crippen molar-refractivity contribution < 1.29 is 5.11 Å². The van der Waals surface area contributed by atoms with E-state index in [1.807, 2.05) is 24.4 Å². The third kappa shape index (κ3) is 5.91. The van der Waals surface area contributed by atoms with Crippen molar-refractivity contribution in [3.8, 4) is 5.75 Å². The lowest BCUT2D eigenvalue weighted by Crippen LogP contribution is -2.12. The maximum atomic E-state index is 10.4. The highest BCUT2D eigenvalue weighted by Gasteiger charge is 2.19. The molecule has 2 nitrogen and oxygen atoms in total. The molecular weight excluding hydrogens is 258 g/mol. The van der Waals surface area contributed by atoms with E-state index in [2.05, 4.69) is 46.5 Å². The van der Waals surface area contributed by atoms with Crippen molar-refractivity contribution >= 4 is 6.21 Å². The Bertz CT molecular complexity index is 469. The van der Waals surface area contributed by atoms with Gasteiger partial charge in [0.05, 0.1) is 0 Å². The SMILES string of the molecule is CC(C)CCCC(C)N=Cc1cccc(C(C)(C)C)c1O. The normalized spacial score (nSPS) is 14.0. The molecule has 1 aromatic rings. The molecule has 0 radical (unpaired) electrons. The van der Waals surface area contributed by atoms with Crippen molar-refractivity contribution in [2.75, 3.05) is 0 Å². The average molecular weight is 289 g/mol. The second kappa shape index (κ2) is 7.63. The van der Waals surface area contributed by atoms with Gasteiger partial charge in [0.2, 0.25) is 0 Å². The van der Waals surface area contributed by atoms with Crippen molar-refractivity contribution in [3.63, 3.8) is 0 Å². The summed E-state index contributed by atoms with van der Waals surface area (Å²) in [5, 5.41) is 10.4. The Balaban J connectivity index is 2.72. The highest BCUT2D eigenvalue weighted by atomic mass is 16.3. The highest BCUT2D eigenvalue weighted by Crippen LogP contribution is 2.32. The van der Waals surface area contributed by atoms with Gasteiger partial charge < -0.3 is 5.11 Å². The van der Waals surface area contributed by atoms with Gasteiger partial charge in [-0.3, -0.25) is 4.99 Å². The molecule has 0 aliphatic rings. The lowest BCUT2D eigenvalue weighted by molar-refractivity contribution is 0.446. The number of aromatic hydroxyl groups is 1. The minimum absolute atomic E-state index is 0.0587. The van der Waals surface area contributed by atoms with E-state index in [4.69, 9.17) is 0 Å². The summed E-state index contributed by atoms with van der Waals surface area (Å²) in [4.78, 5) is 4.59. The minimum atomic E-state index is -0.0587. The predicted molar refractivity (Wildman–Crippen MR) is 92.6 cm³/mol. The molecule has 0 aromatic heterocycles. The largest absolute Gasteiger partial charge is 0.507 e. The number of phenols is 1. The van der Waals surface area contributed by atoms with Crippen molar-refractivity contribution in [1.29, 1.82) is 0 Å². The van der Waals surface area contributed by atoms with Crippen LogP contribution in [0.25, 0.3) is 0 Å². The highest BCUT2D eigenvalue weighted by molar-refractivity contribution is 5.84. The van der Waals surface area contributed by atoms with Crippen LogP contribution in [0.15, 0.2) is 23.2 Å². The summed E-state index contributed by atoms with van der Waals surface area (Å²) >= 11 is 0. The molecule has 1 aromatic carbocycles. The van der Waals surface area contributed by atoms with E-state index in [0.29, 0.717) is 11.8 Å². The third-order valence-corrected chi connectivity index (χ3v) is 3.75. The molecular formula is C19H31NO. The van der Waals surface area contributed by atoms with Gasteiger partial charge in [0.15, 0.2) is 0 Å². The molecule has 0 aliphatic carbocycles. The summed E-state index contributed by atoms with van der Waals surface area (Å²) in [5.41, 5.74) is 1.73. The van der Waals surface area contributed by atoms with Crippen LogP contribution < -0.4 is 0 Å². The Hall–Kier alpha value is -1.31. The molecule has 2 heteroatoms. The molecule has 1 rings (SSSR count). The first kappa shape index (κ1) is 17.7. The van der Waals surface area contributed by atoms with Gasteiger partial charge in [0.1, 0.15) is 5.75 Å². The molecule has 0 spiro atoms. The number of rotatable bonds is 6. The molecule has 0 fully saturated rings. The zero-order chi connectivity index (χ0) is 16.0. The zero-order valence-corrected chi connectivity index (χ0v) is 14.5. The van der Waals surface area contributed by atoms with E-state index in [0.717, 1.165) is 23.5 Å². The van der Waals surface area contributed by atoms with Gasteiger partial charge in [-0.25, -0.2) is 0 Å². The van der Waals surface area contributed by atoms with Crippen LogP contribution >= 0.6 is 0 Å². The van der Waals surface area contributed by atoms with Gasteiger partial charge >= 0.3 is 0 Å². The summed E-state index contributed by atoms with van der Waals surface area (Å²) in [6.07, 6.45) is 5.40. The first-order valence-corrected chi connectivity index (χ1v) is 8.07. The van der Waals surface area contributed by atoms with E-state index in [1.165, 1.54) is 12.8 Å². The second-order valence-corrected chi connectivity index (χ2v) is 7.45. The van der Waals surface area contributed by atoms with Gasteiger partial charge in [0.25, 0.3) is 0 Å². The quantitative estimate of drug-likeness (QED) is 0.706. The van der Waals surface area contributed by atoms with Gasteiger partial charge in [-0.1, -0.05) is 59.6 Å². The van der Waals surface area contributed by atoms with Crippen LogP contribution in [-0.2, 0) is 5.41 Å². The molecule has 1 N–H and O–H groups in total. The molecule has 0 saturated heterocycles. The Morgan fingerprint density at radius 2 is 1.81 bits per heavy atom. The fourth-order valence-corrected chi connectivity index (χ4v) is 2.37. The van der Waals surface area contributed by atoms with E-state index in [1.54, 1.807) is 0 Å². The van der Waals surface area contributed by atoms with Crippen LogP contribution in [0.5, 0.6) is 5.75 Å². The van der Waals surface area contributed by atoms with Crippen LogP contribution in [0.4, 0.5) is 0 Å². The molecule has 0 aliphatic heterocycles. The van der Waals surface area contributed by atoms with Crippen molar-refractivity contribution in [3.05, 3.63) is 29.3 Å². The molecule has 1 unspecified atom stereocenters. The summed E-state index contributed by atoms with van der Waals surface area (Å²) in [6.45, 7) is 13.0. The predicted octanol–water partition coefficient (Wildman–Crippen LogP) is 5.32. The van der Waals surface area contributed by atoms with Crippen LogP contribution in [-0.4, -0.2) is 17.4 Å². The summed E-state index contributed by atoms with van der Waals surface area (Å²) < 4.78 is 0. The molecule has 0 saturated carbocycles. The molecule has 118 valence electrons. The van der Waals surface area contributed by atoms with Crippen molar-refractivity contribution in [2.45, 2.75) is 72.3 Å². The van der Waals surface area contributed by atoms with Crippen molar-refractivity contribution in [2.24, 2.45) is 10.9 Å². The Labute approximate surface area is 130 Å². The number of phenolic OH excluding ortho intramolecular Hbond substituents is 1. The van der Waals surface area contributed by atoms with E-state index < -0.39 is 0 Å². The number of para-hydroxylation sites is 1. The van der Waals surface area contributed by atoms with Crippen LogP contribution in [0.1, 0.15) is 71.9 Å². The fraction of sp³-hybridized carbons (Fsp3) is 0.632. The number of hydrogen-bond acceptors (Lipinski definition) is 2. The van der Waals surface area contributed by atoms with Gasteiger partial charge in [-0.15, -0.1) is 0 Å². The summed E-state index contributed by atoms with van der Waals surface area (Å²) in [5.74, 6) is 1.12. The van der Waals surface area contributed by atoms with E-state index in [9.17, 15) is 5.11 Å². The maximum Gasteiger partial charge on any atom is 0.128 e. The summed E-state index contributed by atoms with van der Waals surface area (Å²) in [7, 11) is 0. The second-order valence-electron chi connectivity index (χ2n) is 7.45. The topological polar surface area (TPSA) is 32.6 Å². The maximum absolute atomic E-state index is 10.4. The number of nitrogens with zero attached hydrogens (tertiary/aromatic N) is 1. The van der Waals surface area contributed by atoms with Crippen molar-refractivity contribution in [1.82, 2.24) is 0 Å². The lowest BCUT2D eigenvalue weighted by atomic mass is 9.85. The van der Waals surface area contributed by atoms with Crippen LogP contribution in [0.3, 0.4) is 0 Å². The fourth-order valence-electron chi connectivity index (χ4n) is 2.37. The molecule has 0 bridgehead atoms. The lowest BCUT2D eigenvalue weighted by Gasteiger charge is -2.21. The van der Waals surface area contributed by atoms with Crippen LogP contribution in [0.2, 0.25) is 0 Å². The third-order valence-electron chi connectivity index (χ3n) is 3.75. The van der Waals surface area contributed by atoms with E-state index in [-0.39, 0.29) is 5.41 Å². The molecule has 21 heavy (non-hydrogen) atoms. The summed E-state index contributed by atoms with van der Waals surface area (Å²) in [6, 6.07) is 6.21. The van der Waals surface area contributed by atoms with Gasteiger partial charge in [-0.05, 0) is 36.3 Å². The molecule has 0 heterocycles. The average Bonchev–Trinajstić information content (AvgIpc) is 2.35. The monoisotopic (exact) mass is 289 g/mol. The van der Waals surface area contributed by atoms with Gasteiger partial charge in [-0.2, -0.15) is 0 Å². The standard InChI is InChI=1S/C19H31NO/c1-14(2)9-7-10-15(3)20-13-16-11-8-12-17(18(16)21)19(4,5)6/h8,11-15,21H,7,9-10H2,1-6H3. The first-order chi connectivity index (χ1) is 9.71. The zero-order valence-electron chi connectivity index (χ0n) is 14.5. The Morgan fingerprint density at radius 3 is 2.38 bits per heavy atom. The minimum Gasteiger partial charge on any atom is -0.507 e.